The normalized spacial score (nSPS) is 12.1. The number of aromatic nitrogens is 4. The summed E-state index contributed by atoms with van der Waals surface area (Å²) in [5.74, 6) is 0.325. The second-order valence-electron chi connectivity index (χ2n) is 30.9. The van der Waals surface area contributed by atoms with Crippen molar-refractivity contribution in [2.45, 2.75) is 222 Å². The molecular formula is C123H203N21O. The fourth-order valence-electron chi connectivity index (χ4n) is 11.5. The summed E-state index contributed by atoms with van der Waals surface area (Å²) in [6.07, 6.45) is 80.5. The standard InChI is InChI=1S/C11H15N.C10H18N2O.2C10H20N2.C10H13N.C9H15N3.2C9H12N2.2C9H11N.C7H12N4.6C3H6.2CH4/c1-2-9-12-10-8-11-6-4-3-5-7-11;1-2-6-11-7-4-9-12-8-3-5-10(12)13;2*1-2-6-11-7-10-12-8-4-3-5-9-12;1-11-9-5-8-10-6-3-2-4-7-10;1-2-4-10-5-3-7-12-8-6-11-9-12;1-2-6-10-8-9-5-3-4-7-11-9;1-2-5-10-7-9-4-3-6-11-8-9;1-10-8-7-9-5-3-2-4-6-9;1-2-8-10-9-6-4-3-5-7-9;1-2-4-8-5-3-7-6-9-11-10-7;6*1-3-2;;/h2-7,9,12H,8,10H2,1H3;2,6,11H,3-5,7-9H2,1H3;2*2,6,11H,3-5,7-10H2,1H3;2-7,9,11H,8H2,1H3;2,4,6,8-10H,3,5,7H2,1H3;2-7,10H,8H2,1H3;2-6,8,10H,7H2,1H3;2*2-8,10H,1H3;2,4,8H,3,5-6H2,1H3;6*3H,1H2,2H3;2*1H4. The maximum absolute atomic E-state index is 11.2. The molecule has 0 spiro atoms. The third-order valence-electron chi connectivity index (χ3n) is 17.9. The number of likely N-dealkylation sites (tertiary alicyclic amines) is 3. The molecular weight excluding hydrogens is 1790 g/mol. The summed E-state index contributed by atoms with van der Waals surface area (Å²) in [5.41, 5.74) is 8.39. The lowest BCUT2D eigenvalue weighted by Gasteiger charge is -2.26. The number of hydrogen-bond donors (Lipinski definition) is 11. The van der Waals surface area contributed by atoms with Crippen molar-refractivity contribution < 1.29 is 4.79 Å². The largest absolute Gasteiger partial charge is 0.394 e. The molecule has 806 valence electrons. The summed E-state index contributed by atoms with van der Waals surface area (Å²) in [7, 11) is 3.79. The molecule has 0 atom stereocenters. The van der Waals surface area contributed by atoms with E-state index in [2.05, 4.69) is 209 Å². The molecule has 0 aliphatic carbocycles. The van der Waals surface area contributed by atoms with Gasteiger partial charge in [-0.05, 0) is 320 Å². The molecule has 4 aliphatic rings. The quantitative estimate of drug-likeness (QED) is 0.0127. The van der Waals surface area contributed by atoms with Gasteiger partial charge in [-0.2, -0.15) is 5.11 Å². The van der Waals surface area contributed by atoms with Crippen LogP contribution in [0.2, 0.25) is 0 Å². The van der Waals surface area contributed by atoms with E-state index in [0.29, 0.717) is 12.5 Å². The van der Waals surface area contributed by atoms with Gasteiger partial charge in [0.05, 0.1) is 24.3 Å². The van der Waals surface area contributed by atoms with Crippen LogP contribution < -0.4 is 58.5 Å². The number of nitrogens with zero attached hydrogens (tertiary/aromatic N) is 10. The van der Waals surface area contributed by atoms with Gasteiger partial charge in [0, 0.05) is 142 Å². The molecule has 0 bridgehead atoms. The molecule has 1 amide bonds. The van der Waals surface area contributed by atoms with Crippen molar-refractivity contribution in [3.63, 3.8) is 0 Å². The molecule has 11 N–H and O–H groups in total. The molecule has 3 aromatic heterocycles. The Morgan fingerprint density at radius 2 is 0.793 bits per heavy atom. The maximum Gasteiger partial charge on any atom is 0.222 e. The van der Waals surface area contributed by atoms with Crippen LogP contribution in [-0.2, 0) is 37.3 Å². The topological polar surface area (TPSA) is 240 Å². The number of hydrogen-bond acceptors (Lipinski definition) is 20. The minimum absolute atomic E-state index is 0. The van der Waals surface area contributed by atoms with Crippen LogP contribution in [0, 0.1) is 0 Å². The summed E-state index contributed by atoms with van der Waals surface area (Å²) < 4.78 is 2.08. The predicted molar refractivity (Wildman–Crippen MR) is 645 cm³/mol. The number of carbonyl (C=O) groups is 1. The highest BCUT2D eigenvalue weighted by atomic mass is 16.2. The number of nitrogens with one attached hydrogen (secondary N) is 11. The van der Waals surface area contributed by atoms with Gasteiger partial charge in [0.15, 0.2) is 0 Å². The summed E-state index contributed by atoms with van der Waals surface area (Å²) in [5, 5.41) is 45.5. The Kier molecular flexibility index (Phi) is 132. The number of rotatable bonds is 39. The summed E-state index contributed by atoms with van der Waals surface area (Å²) in [6.45, 7) is 68.4. The van der Waals surface area contributed by atoms with Crippen LogP contribution in [0.3, 0.4) is 0 Å². The molecule has 11 rings (SSSR count). The van der Waals surface area contributed by atoms with E-state index < -0.39 is 0 Å². The van der Waals surface area contributed by atoms with Crippen molar-refractivity contribution in [2.75, 3.05) is 118 Å². The fourth-order valence-corrected chi connectivity index (χ4v) is 11.5. The van der Waals surface area contributed by atoms with Crippen LogP contribution in [0.1, 0.15) is 217 Å². The lowest BCUT2D eigenvalue weighted by molar-refractivity contribution is -0.127. The first kappa shape index (κ1) is 147. The van der Waals surface area contributed by atoms with E-state index in [1.807, 2.05) is 362 Å². The summed E-state index contributed by atoms with van der Waals surface area (Å²) >= 11 is 0. The second-order valence-corrected chi connectivity index (χ2v) is 30.9. The van der Waals surface area contributed by atoms with Gasteiger partial charge in [-0.3, -0.25) is 14.8 Å². The van der Waals surface area contributed by atoms with Crippen molar-refractivity contribution in [2.24, 2.45) is 15.4 Å². The van der Waals surface area contributed by atoms with Crippen LogP contribution in [0.25, 0.3) is 6.08 Å². The highest BCUT2D eigenvalue weighted by molar-refractivity contribution is 5.87. The van der Waals surface area contributed by atoms with E-state index in [1.54, 1.807) is 55.0 Å². The summed E-state index contributed by atoms with van der Waals surface area (Å²) in [4.78, 5) is 30.3. The Morgan fingerprint density at radius 1 is 0.372 bits per heavy atom. The molecule has 3 fully saturated rings. The number of pyridine rings is 2. The molecule has 0 saturated carbocycles. The Labute approximate surface area is 886 Å². The van der Waals surface area contributed by atoms with E-state index in [4.69, 9.17) is 0 Å². The van der Waals surface area contributed by atoms with Crippen LogP contribution in [0.5, 0.6) is 0 Å². The Balaban J connectivity index is -0.000000233. The predicted octanol–water partition coefficient (Wildman–Crippen LogP) is 27.7. The van der Waals surface area contributed by atoms with E-state index in [-0.39, 0.29) is 14.9 Å². The lowest BCUT2D eigenvalue weighted by Crippen LogP contribution is -2.34. The van der Waals surface area contributed by atoms with Gasteiger partial charge in [-0.25, -0.2) is 4.98 Å². The zero-order valence-corrected chi connectivity index (χ0v) is 91.6. The first-order valence-corrected chi connectivity index (χ1v) is 51.0. The Morgan fingerprint density at radius 3 is 1.21 bits per heavy atom. The van der Waals surface area contributed by atoms with E-state index in [9.17, 15) is 4.79 Å². The van der Waals surface area contributed by atoms with Gasteiger partial charge in [0.25, 0.3) is 0 Å². The van der Waals surface area contributed by atoms with Gasteiger partial charge < -0.3 is 77.8 Å². The van der Waals surface area contributed by atoms with Gasteiger partial charge >= 0.3 is 0 Å². The average Bonchev–Trinajstić information content (AvgIpc) is 1.79. The zero-order chi connectivity index (χ0) is 107. The van der Waals surface area contributed by atoms with Gasteiger partial charge in [-0.1, -0.05) is 246 Å². The molecule has 0 unspecified atom stereocenters. The van der Waals surface area contributed by atoms with Crippen molar-refractivity contribution in [3.05, 3.63) is 422 Å². The first-order valence-electron chi connectivity index (χ1n) is 51.0. The number of carbonyl (C=O) groups excluding carboxylic acids is 1. The van der Waals surface area contributed by atoms with Crippen LogP contribution >= 0.6 is 0 Å². The fraction of sp³-hybridized carbons (Fsp3) is 0.407. The third-order valence-corrected chi connectivity index (χ3v) is 17.9. The van der Waals surface area contributed by atoms with E-state index >= 15 is 0 Å². The number of imidazole rings is 1. The number of aryl methyl sites for hydroxylation is 1. The van der Waals surface area contributed by atoms with E-state index in [0.717, 1.165) is 134 Å². The minimum atomic E-state index is 0. The summed E-state index contributed by atoms with van der Waals surface area (Å²) in [6, 6.07) is 51.0. The van der Waals surface area contributed by atoms with Crippen molar-refractivity contribution in [1.29, 1.82) is 0 Å². The highest BCUT2D eigenvalue weighted by Crippen LogP contribution is 2.12. The van der Waals surface area contributed by atoms with Crippen LogP contribution in [0.4, 0.5) is 5.69 Å². The van der Waals surface area contributed by atoms with Gasteiger partial charge in [0.1, 0.15) is 6.54 Å². The molecule has 145 heavy (non-hydrogen) atoms. The number of allylic oxidation sites excluding steroid dienone is 16. The molecule has 22 heteroatoms. The van der Waals surface area contributed by atoms with Crippen molar-refractivity contribution in [1.82, 2.24) is 87.4 Å². The molecule has 7 aromatic rings. The molecule has 3 saturated heterocycles. The Hall–Kier alpha value is -13.6. The molecule has 7 heterocycles. The monoisotopic (exact) mass is 1990 g/mol. The van der Waals surface area contributed by atoms with Crippen LogP contribution in [0.15, 0.2) is 409 Å². The van der Waals surface area contributed by atoms with Crippen molar-refractivity contribution >= 4 is 23.4 Å². The smallest absolute Gasteiger partial charge is 0.222 e. The minimum Gasteiger partial charge on any atom is -0.394 e. The molecule has 0 radical (unpaired) electrons. The van der Waals surface area contributed by atoms with Gasteiger partial charge in [-0.15, -0.1) is 44.6 Å². The number of para-hydroxylation sites is 1. The maximum atomic E-state index is 11.2. The molecule has 22 nitrogen and oxygen atoms in total. The van der Waals surface area contributed by atoms with E-state index in [1.165, 1.54) is 100 Å². The average molecular weight is 1990 g/mol. The Bertz CT molecular complexity index is 4080. The molecule has 4 aliphatic heterocycles. The lowest BCUT2D eigenvalue weighted by atomic mass is 10.1. The number of amides is 1. The van der Waals surface area contributed by atoms with Crippen molar-refractivity contribution in [3.8, 4) is 0 Å². The highest BCUT2D eigenvalue weighted by Gasteiger charge is 2.19. The second kappa shape index (κ2) is 130. The number of benzene rings is 4. The third kappa shape index (κ3) is 117. The first-order chi connectivity index (χ1) is 70.1. The van der Waals surface area contributed by atoms with Crippen LogP contribution in [-0.4, -0.2) is 158 Å². The molecule has 4 aromatic carbocycles. The number of anilines is 1. The SMILES string of the molecule is C.C.C=CC.C=CC.C=CC.C=CC.C=CC.C=CC.CC=CNCCC1=NN=NC1.CC=CNCCCN1CCCC1=O.CC=CNCCCn1ccnc1.CC=CNCCN1CCCCC1.CC=CNCCN1CCCCC1.CC=CNCCc1ccccc1.CC=CNCc1ccccn1.CC=CNCc1cccnc1.CC=CNc1ccccc1.CNC=CCc1ccccc1.CNC=Cc1ccccc1. The number of piperidine rings is 2. The zero-order valence-electron chi connectivity index (χ0n) is 91.6. The van der Waals surface area contributed by atoms with Gasteiger partial charge in [0.2, 0.25) is 5.91 Å².